The molecular weight excluding hydrogens is 723 g/mol. The first kappa shape index (κ1) is 38.9. The van der Waals surface area contributed by atoms with Gasteiger partial charge in [-0.2, -0.15) is 0 Å². The minimum atomic E-state index is -0.890. The van der Waals surface area contributed by atoms with E-state index < -0.39 is 12.2 Å². The predicted octanol–water partition coefficient (Wildman–Crippen LogP) is 7.26. The van der Waals surface area contributed by atoms with Crippen molar-refractivity contribution in [2.75, 3.05) is 32.7 Å². The van der Waals surface area contributed by atoms with E-state index in [4.69, 9.17) is 5.11 Å². The van der Waals surface area contributed by atoms with E-state index in [2.05, 4.69) is 51.3 Å². The van der Waals surface area contributed by atoms with Crippen LogP contribution < -0.4 is 11.4 Å². The molecule has 2 amide bonds. The molecule has 4 heterocycles. The van der Waals surface area contributed by atoms with E-state index in [1.807, 2.05) is 89.5 Å². The maximum atomic E-state index is 12.8. The molecule has 0 spiro atoms. The van der Waals surface area contributed by atoms with Crippen LogP contribution in [-0.2, 0) is 6.54 Å². The summed E-state index contributed by atoms with van der Waals surface area (Å²) in [4.78, 5) is 59.0. The van der Waals surface area contributed by atoms with Gasteiger partial charge in [-0.3, -0.25) is 14.0 Å². The van der Waals surface area contributed by atoms with E-state index in [0.717, 1.165) is 47.3 Å². The minimum absolute atomic E-state index is 0.0419. The van der Waals surface area contributed by atoms with E-state index in [1.54, 1.807) is 9.47 Å². The zero-order valence-corrected chi connectivity index (χ0v) is 31.8. The SMILES string of the molecule is O=C(O)N1CCC(n2c(=O)[nH]c3ccccc32)CC1.O=C(O)N1CCC(n2c(=O)[nH]c3ccccc32)CC1CCN(C/C=C/c1ccccc1)Cc1ccccc1. The lowest BCUT2D eigenvalue weighted by atomic mass is 9.94. The van der Waals surface area contributed by atoms with Crippen molar-refractivity contribution >= 4 is 40.3 Å². The molecule has 6 aromatic rings. The number of carbonyl (C=O) groups is 2. The second-order valence-electron chi connectivity index (χ2n) is 14.8. The van der Waals surface area contributed by atoms with Crippen LogP contribution in [0.3, 0.4) is 0 Å². The Hall–Kier alpha value is -6.34. The standard InChI is InChI=1S/C31H34N4O3.C13H15N3O3/c36-30-32-28-15-7-8-16-29(28)35(30)27-18-21-34(31(37)38)26(22-27)17-20-33(23-25-12-5-2-6-13-25)19-9-14-24-10-3-1-4-11-24;17-12-14-10-3-1-2-4-11(10)16(12)9-5-7-15(8-6-9)13(18)19/h1-16,26-27H,17-23H2,(H,32,36)(H,37,38);1-4,9H,5-8H2,(H,14,17)(H,18,19)/b14-9+;. The Morgan fingerprint density at radius 3 is 1.82 bits per heavy atom. The quantitative estimate of drug-likeness (QED) is 0.114. The van der Waals surface area contributed by atoms with Gasteiger partial charge >= 0.3 is 23.6 Å². The van der Waals surface area contributed by atoms with Crippen molar-refractivity contribution in [1.29, 1.82) is 0 Å². The molecule has 2 aromatic heterocycles. The van der Waals surface area contributed by atoms with Crippen LogP contribution in [0.4, 0.5) is 9.59 Å². The molecule has 8 rings (SSSR count). The summed E-state index contributed by atoms with van der Waals surface area (Å²) in [6.45, 7) is 3.67. The second-order valence-corrected chi connectivity index (χ2v) is 14.8. The highest BCUT2D eigenvalue weighted by molar-refractivity contribution is 5.76. The van der Waals surface area contributed by atoms with Crippen molar-refractivity contribution in [2.24, 2.45) is 0 Å². The summed E-state index contributed by atoms with van der Waals surface area (Å²) < 4.78 is 3.58. The molecular formula is C44H49N7O6. The monoisotopic (exact) mass is 771 g/mol. The van der Waals surface area contributed by atoms with Crippen molar-refractivity contribution < 1.29 is 19.8 Å². The number of benzene rings is 4. The van der Waals surface area contributed by atoms with Gasteiger partial charge in [0.15, 0.2) is 0 Å². The number of fused-ring (bicyclic) bond motifs is 2. The number of amides is 2. The van der Waals surface area contributed by atoms with Crippen LogP contribution in [0.2, 0.25) is 0 Å². The first-order valence-electron chi connectivity index (χ1n) is 19.6. The van der Waals surface area contributed by atoms with Gasteiger partial charge in [-0.15, -0.1) is 0 Å². The Kier molecular flexibility index (Phi) is 12.3. The molecule has 2 unspecified atom stereocenters. The summed E-state index contributed by atoms with van der Waals surface area (Å²) >= 11 is 0. The van der Waals surface area contributed by atoms with Gasteiger partial charge in [-0.25, -0.2) is 19.2 Å². The number of carboxylic acid groups (broad SMARTS) is 2. The number of piperidine rings is 2. The zero-order chi connectivity index (χ0) is 39.7. The molecule has 0 bridgehead atoms. The van der Waals surface area contributed by atoms with Crippen molar-refractivity contribution in [1.82, 2.24) is 33.8 Å². The summed E-state index contributed by atoms with van der Waals surface area (Å²) in [5.74, 6) is 0. The Balaban J connectivity index is 0.000000218. The van der Waals surface area contributed by atoms with Gasteiger partial charge in [-0.05, 0) is 67.5 Å². The maximum absolute atomic E-state index is 12.8. The van der Waals surface area contributed by atoms with Crippen LogP contribution >= 0.6 is 0 Å². The summed E-state index contributed by atoms with van der Waals surface area (Å²) in [6, 6.07) is 35.7. The summed E-state index contributed by atoms with van der Waals surface area (Å²) in [7, 11) is 0. The van der Waals surface area contributed by atoms with Gasteiger partial charge in [0, 0.05) is 57.4 Å². The van der Waals surface area contributed by atoms with Crippen LogP contribution in [0, 0.1) is 0 Å². The lowest BCUT2D eigenvalue weighted by molar-refractivity contribution is 0.0826. The Morgan fingerprint density at radius 1 is 0.684 bits per heavy atom. The maximum Gasteiger partial charge on any atom is 0.407 e. The van der Waals surface area contributed by atoms with E-state index in [0.29, 0.717) is 51.7 Å². The number of aromatic nitrogens is 4. The fraction of sp³-hybridized carbons (Fsp3) is 0.318. The number of nitrogens with one attached hydrogen (secondary N) is 2. The first-order chi connectivity index (χ1) is 27.7. The van der Waals surface area contributed by atoms with Crippen molar-refractivity contribution in [3.8, 4) is 0 Å². The number of imidazole rings is 2. The van der Waals surface area contributed by atoms with Gasteiger partial charge < -0.3 is 30.0 Å². The Bertz CT molecular complexity index is 2410. The number of H-pyrrole nitrogens is 2. The largest absolute Gasteiger partial charge is 0.465 e. The molecule has 2 aliphatic rings. The second kappa shape index (κ2) is 18.1. The van der Waals surface area contributed by atoms with Crippen LogP contribution in [0.25, 0.3) is 28.1 Å². The zero-order valence-electron chi connectivity index (χ0n) is 31.8. The van der Waals surface area contributed by atoms with Crippen molar-refractivity contribution in [2.45, 2.75) is 56.8 Å². The molecule has 296 valence electrons. The van der Waals surface area contributed by atoms with E-state index in [1.165, 1.54) is 10.5 Å². The molecule has 2 aliphatic heterocycles. The number of hydrogen-bond acceptors (Lipinski definition) is 5. The van der Waals surface area contributed by atoms with E-state index in [9.17, 15) is 24.3 Å². The number of hydrogen-bond donors (Lipinski definition) is 4. The molecule has 13 heteroatoms. The molecule has 0 radical (unpaired) electrons. The fourth-order valence-electron chi connectivity index (χ4n) is 8.29. The minimum Gasteiger partial charge on any atom is -0.465 e. The lowest BCUT2D eigenvalue weighted by Gasteiger charge is -2.39. The van der Waals surface area contributed by atoms with Crippen molar-refractivity contribution in [3.05, 3.63) is 147 Å². The molecule has 4 N–H and O–H groups in total. The summed E-state index contributed by atoms with van der Waals surface area (Å²) in [5, 5.41) is 18.9. The average Bonchev–Trinajstić information content (AvgIpc) is 3.75. The van der Waals surface area contributed by atoms with E-state index >= 15 is 0 Å². The molecule has 2 fully saturated rings. The van der Waals surface area contributed by atoms with E-state index in [-0.39, 0.29) is 29.5 Å². The van der Waals surface area contributed by atoms with Crippen LogP contribution in [0.1, 0.15) is 55.3 Å². The smallest absolute Gasteiger partial charge is 0.407 e. The molecule has 0 aliphatic carbocycles. The highest BCUT2D eigenvalue weighted by Gasteiger charge is 2.34. The Morgan fingerprint density at radius 2 is 1.23 bits per heavy atom. The third kappa shape index (κ3) is 9.38. The summed E-state index contributed by atoms with van der Waals surface area (Å²) in [6.07, 6.45) is 5.81. The van der Waals surface area contributed by atoms with Crippen molar-refractivity contribution in [3.63, 3.8) is 0 Å². The molecule has 2 atom stereocenters. The number of likely N-dealkylation sites (tertiary alicyclic amines) is 2. The van der Waals surface area contributed by atoms with Crippen LogP contribution in [0.15, 0.2) is 125 Å². The third-order valence-corrected chi connectivity index (χ3v) is 11.1. The van der Waals surface area contributed by atoms with Gasteiger partial charge in [-0.1, -0.05) is 97.1 Å². The van der Waals surface area contributed by atoms with Gasteiger partial charge in [0.1, 0.15) is 0 Å². The predicted molar refractivity (Wildman–Crippen MR) is 222 cm³/mol. The lowest BCUT2D eigenvalue weighted by Crippen LogP contribution is -2.48. The average molecular weight is 772 g/mol. The molecule has 2 saturated heterocycles. The number of rotatable bonds is 10. The number of para-hydroxylation sites is 4. The number of nitrogens with zero attached hydrogens (tertiary/aromatic N) is 5. The molecule has 4 aromatic carbocycles. The highest BCUT2D eigenvalue weighted by atomic mass is 16.4. The van der Waals surface area contributed by atoms with Gasteiger partial charge in [0.25, 0.3) is 0 Å². The van der Waals surface area contributed by atoms with Crippen LogP contribution in [0.5, 0.6) is 0 Å². The normalized spacial score (nSPS) is 17.6. The number of aromatic amines is 2. The van der Waals surface area contributed by atoms with Gasteiger partial charge in [0.05, 0.1) is 22.1 Å². The molecule has 57 heavy (non-hydrogen) atoms. The molecule has 0 saturated carbocycles. The first-order valence-corrected chi connectivity index (χ1v) is 19.6. The highest BCUT2D eigenvalue weighted by Crippen LogP contribution is 2.31. The summed E-state index contributed by atoms with van der Waals surface area (Å²) in [5.41, 5.74) is 5.54. The Labute approximate surface area is 330 Å². The third-order valence-electron chi connectivity index (χ3n) is 11.1. The topological polar surface area (TPSA) is 160 Å². The van der Waals surface area contributed by atoms with Crippen LogP contribution in [-0.4, -0.2) is 95.0 Å². The van der Waals surface area contributed by atoms with Gasteiger partial charge in [0.2, 0.25) is 0 Å². The molecule has 13 nitrogen and oxygen atoms in total. The fourth-order valence-corrected chi connectivity index (χ4v) is 8.29.